The van der Waals surface area contributed by atoms with E-state index >= 15 is 0 Å². The SMILES string of the molecule is CC1CCc2ncnc(N3CCNCC3)c21.Cl.Cl. The molecule has 1 N–H and O–H groups in total. The van der Waals surface area contributed by atoms with E-state index in [4.69, 9.17) is 0 Å². The lowest BCUT2D eigenvalue weighted by Gasteiger charge is -2.30. The standard InChI is InChI=1S/C12H18N4.2ClH/c1-9-2-3-10-11(9)12(15-8-14-10)16-6-4-13-5-7-16;;/h8-9,13H,2-7H2,1H3;2*1H. The first-order valence-corrected chi connectivity index (χ1v) is 6.15. The summed E-state index contributed by atoms with van der Waals surface area (Å²) in [7, 11) is 0. The molecule has 4 nitrogen and oxygen atoms in total. The third-order valence-electron chi connectivity index (χ3n) is 3.67. The first-order valence-electron chi connectivity index (χ1n) is 6.15. The number of hydrogen-bond donors (Lipinski definition) is 1. The Balaban J connectivity index is 0.000000810. The zero-order chi connectivity index (χ0) is 11.0. The van der Waals surface area contributed by atoms with Crippen molar-refractivity contribution >= 4 is 30.6 Å². The van der Waals surface area contributed by atoms with Gasteiger partial charge in [-0.25, -0.2) is 9.97 Å². The van der Waals surface area contributed by atoms with Crippen LogP contribution in [0.25, 0.3) is 0 Å². The second kappa shape index (κ2) is 6.55. The molecule has 1 saturated heterocycles. The smallest absolute Gasteiger partial charge is 0.135 e. The molecule has 2 aliphatic rings. The van der Waals surface area contributed by atoms with Gasteiger partial charge in [0.05, 0.1) is 0 Å². The minimum absolute atomic E-state index is 0. The predicted octanol–water partition coefficient (Wildman–Crippen LogP) is 1.78. The van der Waals surface area contributed by atoms with E-state index in [1.807, 2.05) is 0 Å². The summed E-state index contributed by atoms with van der Waals surface area (Å²) in [6, 6.07) is 0. The molecule has 0 spiro atoms. The minimum atomic E-state index is 0. The van der Waals surface area contributed by atoms with Crippen LogP contribution in [0.3, 0.4) is 0 Å². The van der Waals surface area contributed by atoms with Gasteiger partial charge in [-0.15, -0.1) is 24.8 Å². The van der Waals surface area contributed by atoms with Crippen molar-refractivity contribution in [1.82, 2.24) is 15.3 Å². The Kier molecular flexibility index (Phi) is 5.63. The molecule has 6 heteroatoms. The number of rotatable bonds is 1. The van der Waals surface area contributed by atoms with Crippen LogP contribution in [0.1, 0.15) is 30.5 Å². The third-order valence-corrected chi connectivity index (χ3v) is 3.67. The van der Waals surface area contributed by atoms with Crippen LogP contribution in [-0.2, 0) is 6.42 Å². The second-order valence-corrected chi connectivity index (χ2v) is 4.73. The molecule has 1 aliphatic carbocycles. The number of nitrogens with zero attached hydrogens (tertiary/aromatic N) is 3. The highest BCUT2D eigenvalue weighted by atomic mass is 35.5. The summed E-state index contributed by atoms with van der Waals surface area (Å²) in [5.74, 6) is 1.82. The fraction of sp³-hybridized carbons (Fsp3) is 0.667. The van der Waals surface area contributed by atoms with E-state index < -0.39 is 0 Å². The number of aromatic nitrogens is 2. The van der Waals surface area contributed by atoms with Gasteiger partial charge in [0.2, 0.25) is 0 Å². The van der Waals surface area contributed by atoms with Crippen LogP contribution in [0, 0.1) is 0 Å². The summed E-state index contributed by atoms with van der Waals surface area (Å²) < 4.78 is 0. The molecule has 0 saturated carbocycles. The molecule has 0 aromatic carbocycles. The van der Waals surface area contributed by atoms with E-state index in [1.54, 1.807) is 6.33 Å². The zero-order valence-corrected chi connectivity index (χ0v) is 12.2. The van der Waals surface area contributed by atoms with Crippen molar-refractivity contribution in [3.63, 3.8) is 0 Å². The molecule has 0 bridgehead atoms. The highest BCUT2D eigenvalue weighted by Gasteiger charge is 2.26. The van der Waals surface area contributed by atoms with Crippen LogP contribution in [0.2, 0.25) is 0 Å². The molecule has 18 heavy (non-hydrogen) atoms. The molecule has 1 aromatic heterocycles. The van der Waals surface area contributed by atoms with Gasteiger partial charge in [0.1, 0.15) is 12.1 Å². The Hall–Kier alpha value is -0.580. The third kappa shape index (κ3) is 2.71. The Morgan fingerprint density at radius 2 is 1.94 bits per heavy atom. The molecule has 0 radical (unpaired) electrons. The number of piperazine rings is 1. The van der Waals surface area contributed by atoms with Gasteiger partial charge in [-0.2, -0.15) is 0 Å². The van der Waals surface area contributed by atoms with Gasteiger partial charge in [-0.1, -0.05) is 6.92 Å². The predicted molar refractivity (Wildman–Crippen MR) is 78.3 cm³/mol. The Morgan fingerprint density at radius 3 is 2.67 bits per heavy atom. The molecule has 3 rings (SSSR count). The molecule has 1 fully saturated rings. The molecule has 1 unspecified atom stereocenters. The van der Waals surface area contributed by atoms with Gasteiger partial charge >= 0.3 is 0 Å². The van der Waals surface area contributed by atoms with Gasteiger partial charge in [0.25, 0.3) is 0 Å². The number of fused-ring (bicyclic) bond motifs is 1. The van der Waals surface area contributed by atoms with Crippen LogP contribution < -0.4 is 10.2 Å². The lowest BCUT2D eigenvalue weighted by Crippen LogP contribution is -2.44. The van der Waals surface area contributed by atoms with E-state index in [0.717, 1.165) is 32.6 Å². The van der Waals surface area contributed by atoms with Gasteiger partial charge in [-0.05, 0) is 18.8 Å². The Morgan fingerprint density at radius 1 is 1.22 bits per heavy atom. The van der Waals surface area contributed by atoms with Crippen LogP contribution in [-0.4, -0.2) is 36.1 Å². The van der Waals surface area contributed by atoms with Crippen molar-refractivity contribution < 1.29 is 0 Å². The topological polar surface area (TPSA) is 41.1 Å². The summed E-state index contributed by atoms with van der Waals surface area (Å²) in [6.07, 6.45) is 4.08. The fourth-order valence-electron chi connectivity index (χ4n) is 2.75. The Bertz CT molecular complexity index is 394. The van der Waals surface area contributed by atoms with E-state index in [-0.39, 0.29) is 24.8 Å². The Labute approximate surface area is 120 Å². The quantitative estimate of drug-likeness (QED) is 0.856. The van der Waals surface area contributed by atoms with Gasteiger partial charge in [0.15, 0.2) is 0 Å². The average molecular weight is 291 g/mol. The monoisotopic (exact) mass is 290 g/mol. The number of aryl methyl sites for hydroxylation is 1. The first kappa shape index (κ1) is 15.5. The van der Waals surface area contributed by atoms with Crippen molar-refractivity contribution in [1.29, 1.82) is 0 Å². The molecular formula is C12H20Cl2N4. The van der Waals surface area contributed by atoms with Crippen molar-refractivity contribution in [2.45, 2.75) is 25.7 Å². The maximum absolute atomic E-state index is 4.51. The maximum Gasteiger partial charge on any atom is 0.135 e. The van der Waals surface area contributed by atoms with Gasteiger partial charge < -0.3 is 10.2 Å². The summed E-state index contributed by atoms with van der Waals surface area (Å²) >= 11 is 0. The highest BCUT2D eigenvalue weighted by molar-refractivity contribution is 5.85. The molecule has 1 aromatic rings. The van der Waals surface area contributed by atoms with Crippen molar-refractivity contribution in [2.75, 3.05) is 31.1 Å². The summed E-state index contributed by atoms with van der Waals surface area (Å²) in [5, 5.41) is 3.38. The summed E-state index contributed by atoms with van der Waals surface area (Å²) in [6.45, 7) is 6.55. The normalized spacial score (nSPS) is 21.8. The van der Waals surface area contributed by atoms with Crippen molar-refractivity contribution in [3.8, 4) is 0 Å². The molecule has 102 valence electrons. The fourth-order valence-corrected chi connectivity index (χ4v) is 2.75. The number of halogens is 2. The van der Waals surface area contributed by atoms with Gasteiger partial charge in [-0.3, -0.25) is 0 Å². The minimum Gasteiger partial charge on any atom is -0.354 e. The average Bonchev–Trinajstić information content (AvgIpc) is 2.73. The first-order chi connectivity index (χ1) is 7.86. The lowest BCUT2D eigenvalue weighted by molar-refractivity contribution is 0.581. The van der Waals surface area contributed by atoms with E-state index in [2.05, 4.69) is 27.1 Å². The van der Waals surface area contributed by atoms with Gasteiger partial charge in [0, 0.05) is 37.4 Å². The number of anilines is 1. The molecular weight excluding hydrogens is 271 g/mol. The molecule has 2 heterocycles. The van der Waals surface area contributed by atoms with E-state index in [0.29, 0.717) is 5.92 Å². The second-order valence-electron chi connectivity index (χ2n) is 4.73. The molecule has 1 atom stereocenters. The number of hydrogen-bond acceptors (Lipinski definition) is 4. The van der Waals surface area contributed by atoms with Crippen molar-refractivity contribution in [2.24, 2.45) is 0 Å². The van der Waals surface area contributed by atoms with Crippen LogP contribution >= 0.6 is 24.8 Å². The van der Waals surface area contributed by atoms with E-state index in [1.165, 1.54) is 23.5 Å². The zero-order valence-electron chi connectivity index (χ0n) is 10.6. The number of nitrogens with one attached hydrogen (secondary N) is 1. The van der Waals surface area contributed by atoms with Crippen LogP contribution in [0.5, 0.6) is 0 Å². The maximum atomic E-state index is 4.51. The van der Waals surface area contributed by atoms with Crippen LogP contribution in [0.15, 0.2) is 6.33 Å². The van der Waals surface area contributed by atoms with E-state index in [9.17, 15) is 0 Å². The molecule has 1 aliphatic heterocycles. The van der Waals surface area contributed by atoms with Crippen molar-refractivity contribution in [3.05, 3.63) is 17.6 Å². The lowest BCUT2D eigenvalue weighted by atomic mass is 10.1. The highest BCUT2D eigenvalue weighted by Crippen LogP contribution is 2.36. The molecule has 0 amide bonds. The van der Waals surface area contributed by atoms with Crippen LogP contribution in [0.4, 0.5) is 5.82 Å². The summed E-state index contributed by atoms with van der Waals surface area (Å²) in [4.78, 5) is 11.3. The largest absolute Gasteiger partial charge is 0.354 e. The summed E-state index contributed by atoms with van der Waals surface area (Å²) in [5.41, 5.74) is 2.68.